The highest BCUT2D eigenvalue weighted by molar-refractivity contribution is 5.95. The molecule has 0 saturated heterocycles. The van der Waals surface area contributed by atoms with Crippen LogP contribution in [0.1, 0.15) is 22.8 Å². The summed E-state index contributed by atoms with van der Waals surface area (Å²) >= 11 is 0. The summed E-state index contributed by atoms with van der Waals surface area (Å²) in [7, 11) is 6.45. The Balaban J connectivity index is 2.19. The fourth-order valence-electron chi connectivity index (χ4n) is 2.58. The number of hydrogen-bond donors (Lipinski definition) is 0. The molecule has 0 fully saturated rings. The molecule has 140 valence electrons. The molecule has 0 aliphatic rings. The summed E-state index contributed by atoms with van der Waals surface area (Å²) in [5.41, 5.74) is 1.44. The zero-order chi connectivity index (χ0) is 19.1. The van der Waals surface area contributed by atoms with Gasteiger partial charge in [-0.25, -0.2) is 0 Å². The normalized spacial score (nSPS) is 10.2. The van der Waals surface area contributed by atoms with Gasteiger partial charge in [0, 0.05) is 25.2 Å². The zero-order valence-corrected chi connectivity index (χ0v) is 15.9. The average molecular weight is 359 g/mol. The van der Waals surface area contributed by atoms with Crippen molar-refractivity contribution in [2.24, 2.45) is 0 Å². The predicted molar refractivity (Wildman–Crippen MR) is 99.5 cm³/mol. The van der Waals surface area contributed by atoms with E-state index in [4.69, 9.17) is 18.9 Å². The summed E-state index contributed by atoms with van der Waals surface area (Å²) in [6.45, 7) is 2.91. The van der Waals surface area contributed by atoms with Gasteiger partial charge >= 0.3 is 0 Å². The molecule has 0 unspecified atom stereocenters. The van der Waals surface area contributed by atoms with E-state index < -0.39 is 0 Å². The standard InChI is InChI=1S/C20H25NO5/c1-6-26-18-8-7-14(9-19(18)25-5)13-21(2)20(22)15-10-16(23-3)12-17(11-15)24-4/h7-12H,6,13H2,1-5H3. The lowest BCUT2D eigenvalue weighted by molar-refractivity contribution is 0.0784. The van der Waals surface area contributed by atoms with Crippen molar-refractivity contribution in [2.75, 3.05) is 35.0 Å². The van der Waals surface area contributed by atoms with E-state index in [9.17, 15) is 4.79 Å². The minimum Gasteiger partial charge on any atom is -0.497 e. The Hall–Kier alpha value is -2.89. The van der Waals surface area contributed by atoms with E-state index in [2.05, 4.69) is 0 Å². The van der Waals surface area contributed by atoms with Crippen LogP contribution in [0.2, 0.25) is 0 Å². The highest BCUT2D eigenvalue weighted by Crippen LogP contribution is 2.29. The third kappa shape index (κ3) is 4.59. The maximum absolute atomic E-state index is 12.8. The lowest BCUT2D eigenvalue weighted by atomic mass is 10.1. The van der Waals surface area contributed by atoms with Crippen LogP contribution in [0, 0.1) is 0 Å². The predicted octanol–water partition coefficient (Wildman–Crippen LogP) is 3.38. The van der Waals surface area contributed by atoms with Crippen LogP contribution < -0.4 is 18.9 Å². The second-order valence-corrected chi connectivity index (χ2v) is 5.68. The maximum Gasteiger partial charge on any atom is 0.254 e. The van der Waals surface area contributed by atoms with Crippen molar-refractivity contribution >= 4 is 5.91 Å². The fraction of sp³-hybridized carbons (Fsp3) is 0.350. The van der Waals surface area contributed by atoms with Crippen molar-refractivity contribution in [1.82, 2.24) is 4.90 Å². The Morgan fingerprint density at radius 2 is 1.58 bits per heavy atom. The lowest BCUT2D eigenvalue weighted by Gasteiger charge is -2.19. The molecule has 0 atom stereocenters. The molecule has 0 bridgehead atoms. The Morgan fingerprint density at radius 3 is 2.12 bits per heavy atom. The smallest absolute Gasteiger partial charge is 0.254 e. The molecule has 1 amide bonds. The van der Waals surface area contributed by atoms with Crippen LogP contribution in [0.25, 0.3) is 0 Å². The van der Waals surface area contributed by atoms with E-state index in [0.717, 1.165) is 5.56 Å². The van der Waals surface area contributed by atoms with E-state index in [1.807, 2.05) is 25.1 Å². The van der Waals surface area contributed by atoms with E-state index in [0.29, 0.717) is 41.7 Å². The molecule has 26 heavy (non-hydrogen) atoms. The van der Waals surface area contributed by atoms with Crippen LogP contribution in [0.15, 0.2) is 36.4 Å². The second-order valence-electron chi connectivity index (χ2n) is 5.68. The molecule has 2 aromatic carbocycles. The number of hydrogen-bond acceptors (Lipinski definition) is 5. The molecule has 0 spiro atoms. The monoisotopic (exact) mass is 359 g/mol. The zero-order valence-electron chi connectivity index (χ0n) is 15.9. The molecule has 6 heteroatoms. The minimum atomic E-state index is -0.130. The molecule has 2 aromatic rings. The topological polar surface area (TPSA) is 57.2 Å². The quantitative estimate of drug-likeness (QED) is 0.723. The highest BCUT2D eigenvalue weighted by atomic mass is 16.5. The number of rotatable bonds is 8. The van der Waals surface area contributed by atoms with Crippen LogP contribution in [0.5, 0.6) is 23.0 Å². The van der Waals surface area contributed by atoms with E-state index >= 15 is 0 Å². The van der Waals surface area contributed by atoms with E-state index in [1.165, 1.54) is 0 Å². The van der Waals surface area contributed by atoms with E-state index in [1.54, 1.807) is 51.5 Å². The minimum absolute atomic E-state index is 0.130. The van der Waals surface area contributed by atoms with Crippen molar-refractivity contribution in [1.29, 1.82) is 0 Å². The average Bonchev–Trinajstić information content (AvgIpc) is 2.68. The fourth-order valence-corrected chi connectivity index (χ4v) is 2.58. The Labute approximate surface area is 154 Å². The molecule has 6 nitrogen and oxygen atoms in total. The van der Waals surface area contributed by atoms with Crippen molar-refractivity contribution in [3.05, 3.63) is 47.5 Å². The van der Waals surface area contributed by atoms with Gasteiger partial charge in [-0.3, -0.25) is 4.79 Å². The second kappa shape index (κ2) is 8.99. The van der Waals surface area contributed by atoms with Crippen LogP contribution >= 0.6 is 0 Å². The first-order valence-electron chi connectivity index (χ1n) is 8.30. The van der Waals surface area contributed by atoms with Crippen molar-refractivity contribution in [3.8, 4) is 23.0 Å². The summed E-state index contributed by atoms with van der Waals surface area (Å²) in [5, 5.41) is 0. The summed E-state index contributed by atoms with van der Waals surface area (Å²) < 4.78 is 21.3. The van der Waals surface area contributed by atoms with Gasteiger partial charge in [-0.05, 0) is 36.8 Å². The first-order chi connectivity index (χ1) is 12.5. The van der Waals surface area contributed by atoms with Crippen LogP contribution in [-0.4, -0.2) is 45.8 Å². The third-order valence-corrected chi connectivity index (χ3v) is 3.89. The summed E-state index contributed by atoms with van der Waals surface area (Å²) in [4.78, 5) is 14.4. The van der Waals surface area contributed by atoms with Gasteiger partial charge in [0.25, 0.3) is 5.91 Å². The number of nitrogens with zero attached hydrogens (tertiary/aromatic N) is 1. The van der Waals surface area contributed by atoms with Gasteiger partial charge in [-0.15, -0.1) is 0 Å². The van der Waals surface area contributed by atoms with Crippen molar-refractivity contribution in [2.45, 2.75) is 13.5 Å². The van der Waals surface area contributed by atoms with Crippen molar-refractivity contribution < 1.29 is 23.7 Å². The number of carbonyl (C=O) groups excluding carboxylic acids is 1. The molecule has 0 saturated carbocycles. The van der Waals surface area contributed by atoms with Crippen LogP contribution in [0.3, 0.4) is 0 Å². The van der Waals surface area contributed by atoms with Gasteiger partial charge in [0.05, 0.1) is 27.9 Å². The molecule has 0 aromatic heterocycles. The third-order valence-electron chi connectivity index (χ3n) is 3.89. The maximum atomic E-state index is 12.8. The van der Waals surface area contributed by atoms with Gasteiger partial charge in [0.1, 0.15) is 11.5 Å². The van der Waals surface area contributed by atoms with Crippen LogP contribution in [0.4, 0.5) is 0 Å². The first-order valence-corrected chi connectivity index (χ1v) is 8.30. The number of benzene rings is 2. The largest absolute Gasteiger partial charge is 0.497 e. The molecule has 2 rings (SSSR count). The summed E-state index contributed by atoms with van der Waals surface area (Å²) in [6, 6.07) is 10.8. The molecule has 0 radical (unpaired) electrons. The van der Waals surface area contributed by atoms with Gasteiger partial charge in [-0.2, -0.15) is 0 Å². The first kappa shape index (κ1) is 19.4. The van der Waals surface area contributed by atoms with Gasteiger partial charge in [-0.1, -0.05) is 6.07 Å². The molecule has 0 N–H and O–H groups in total. The number of amides is 1. The Morgan fingerprint density at radius 1 is 0.923 bits per heavy atom. The molecular formula is C20H25NO5. The summed E-state index contributed by atoms with van der Waals surface area (Å²) in [6.07, 6.45) is 0. The number of ether oxygens (including phenoxy) is 4. The van der Waals surface area contributed by atoms with E-state index in [-0.39, 0.29) is 5.91 Å². The van der Waals surface area contributed by atoms with Gasteiger partial charge < -0.3 is 23.8 Å². The SMILES string of the molecule is CCOc1ccc(CN(C)C(=O)c2cc(OC)cc(OC)c2)cc1OC. The van der Waals surface area contributed by atoms with Crippen LogP contribution in [-0.2, 0) is 6.54 Å². The molecular weight excluding hydrogens is 334 g/mol. The summed E-state index contributed by atoms with van der Waals surface area (Å²) in [5.74, 6) is 2.35. The number of carbonyl (C=O) groups is 1. The highest BCUT2D eigenvalue weighted by Gasteiger charge is 2.16. The Kier molecular flexibility index (Phi) is 6.72. The van der Waals surface area contributed by atoms with Gasteiger partial charge in [0.2, 0.25) is 0 Å². The Bertz CT molecular complexity index is 738. The lowest BCUT2D eigenvalue weighted by Crippen LogP contribution is -2.26. The molecule has 0 heterocycles. The van der Waals surface area contributed by atoms with Gasteiger partial charge in [0.15, 0.2) is 11.5 Å². The number of methoxy groups -OCH3 is 3. The molecule has 0 aliphatic carbocycles. The van der Waals surface area contributed by atoms with Crippen molar-refractivity contribution in [3.63, 3.8) is 0 Å². The molecule has 0 aliphatic heterocycles.